The lowest BCUT2D eigenvalue weighted by atomic mass is 9.92. The summed E-state index contributed by atoms with van der Waals surface area (Å²) in [5.74, 6) is -0.0665. The molecule has 2 amide bonds. The summed E-state index contributed by atoms with van der Waals surface area (Å²) in [7, 11) is 3.46. The van der Waals surface area contributed by atoms with Gasteiger partial charge in [0.1, 0.15) is 0 Å². The van der Waals surface area contributed by atoms with Crippen LogP contribution < -0.4 is 11.1 Å². The van der Waals surface area contributed by atoms with Crippen LogP contribution in [0.1, 0.15) is 19.4 Å². The fourth-order valence-electron chi connectivity index (χ4n) is 1.43. The molecule has 0 aromatic heterocycles. The standard InChI is InChI=1S/C15H23N3O2/c1-15(2,10-16)14(20)17-12-7-5-11(6-8-12)9-13(19)18(3)4/h5-8H,9-10,16H2,1-4H3,(H,17,20). The Morgan fingerprint density at radius 3 is 2.20 bits per heavy atom. The summed E-state index contributed by atoms with van der Waals surface area (Å²) in [6.07, 6.45) is 0.357. The van der Waals surface area contributed by atoms with E-state index in [-0.39, 0.29) is 18.4 Å². The molecule has 3 N–H and O–H groups in total. The summed E-state index contributed by atoms with van der Waals surface area (Å²) < 4.78 is 0. The zero-order valence-electron chi connectivity index (χ0n) is 12.6. The van der Waals surface area contributed by atoms with E-state index in [9.17, 15) is 9.59 Å². The zero-order chi connectivity index (χ0) is 15.3. The van der Waals surface area contributed by atoms with Crippen molar-refractivity contribution in [3.63, 3.8) is 0 Å². The van der Waals surface area contributed by atoms with Gasteiger partial charge >= 0.3 is 0 Å². The average Bonchev–Trinajstić information content (AvgIpc) is 2.40. The highest BCUT2D eigenvalue weighted by Gasteiger charge is 2.25. The second kappa shape index (κ2) is 6.52. The highest BCUT2D eigenvalue weighted by molar-refractivity contribution is 5.95. The molecule has 5 heteroatoms. The van der Waals surface area contributed by atoms with Gasteiger partial charge in [0.2, 0.25) is 11.8 Å². The highest BCUT2D eigenvalue weighted by Crippen LogP contribution is 2.17. The van der Waals surface area contributed by atoms with Gasteiger partial charge in [-0.1, -0.05) is 12.1 Å². The molecule has 5 nitrogen and oxygen atoms in total. The number of rotatable bonds is 5. The van der Waals surface area contributed by atoms with Crippen molar-refractivity contribution in [3.05, 3.63) is 29.8 Å². The van der Waals surface area contributed by atoms with Crippen molar-refractivity contribution in [3.8, 4) is 0 Å². The highest BCUT2D eigenvalue weighted by atomic mass is 16.2. The second-order valence-electron chi connectivity index (χ2n) is 5.70. The number of nitrogens with two attached hydrogens (primary N) is 1. The van der Waals surface area contributed by atoms with E-state index in [0.29, 0.717) is 12.1 Å². The van der Waals surface area contributed by atoms with Crippen molar-refractivity contribution in [2.24, 2.45) is 11.1 Å². The number of hydrogen-bond donors (Lipinski definition) is 2. The normalized spacial score (nSPS) is 11.1. The first-order valence-corrected chi connectivity index (χ1v) is 6.57. The third-order valence-electron chi connectivity index (χ3n) is 3.19. The van der Waals surface area contributed by atoms with Crippen LogP contribution in [0.3, 0.4) is 0 Å². The number of hydrogen-bond acceptors (Lipinski definition) is 3. The lowest BCUT2D eigenvalue weighted by molar-refractivity contribution is -0.128. The first-order valence-electron chi connectivity index (χ1n) is 6.57. The predicted molar refractivity (Wildman–Crippen MR) is 80.3 cm³/mol. The largest absolute Gasteiger partial charge is 0.349 e. The van der Waals surface area contributed by atoms with Gasteiger partial charge in [-0.05, 0) is 31.5 Å². The number of nitrogens with one attached hydrogen (secondary N) is 1. The van der Waals surface area contributed by atoms with Crippen LogP contribution in [0.5, 0.6) is 0 Å². The van der Waals surface area contributed by atoms with E-state index in [1.807, 2.05) is 12.1 Å². The Labute approximate surface area is 120 Å². The quantitative estimate of drug-likeness (QED) is 0.850. The zero-order valence-corrected chi connectivity index (χ0v) is 12.6. The van der Waals surface area contributed by atoms with E-state index < -0.39 is 5.41 Å². The van der Waals surface area contributed by atoms with Gasteiger partial charge in [0.05, 0.1) is 11.8 Å². The molecule has 0 aliphatic heterocycles. The van der Waals surface area contributed by atoms with Crippen LogP contribution in [0, 0.1) is 5.41 Å². The molecule has 0 saturated heterocycles. The van der Waals surface area contributed by atoms with Gasteiger partial charge in [-0.25, -0.2) is 0 Å². The van der Waals surface area contributed by atoms with Crippen LogP contribution in [-0.4, -0.2) is 37.4 Å². The first-order chi connectivity index (χ1) is 9.26. The summed E-state index contributed by atoms with van der Waals surface area (Å²) in [6, 6.07) is 7.27. The third kappa shape index (κ3) is 4.35. The Balaban J connectivity index is 2.68. The van der Waals surface area contributed by atoms with Gasteiger partial charge in [-0.3, -0.25) is 9.59 Å². The molecule has 0 heterocycles. The molecule has 0 aliphatic carbocycles. The molecular formula is C15H23N3O2. The minimum atomic E-state index is -0.598. The summed E-state index contributed by atoms with van der Waals surface area (Å²) in [6.45, 7) is 3.88. The smallest absolute Gasteiger partial charge is 0.231 e. The number of carbonyl (C=O) groups excluding carboxylic acids is 2. The van der Waals surface area contributed by atoms with Crippen LogP contribution in [0.15, 0.2) is 24.3 Å². The van der Waals surface area contributed by atoms with Gasteiger partial charge in [-0.15, -0.1) is 0 Å². The van der Waals surface area contributed by atoms with Gasteiger partial charge < -0.3 is 16.0 Å². The predicted octanol–water partition coefficient (Wildman–Crippen LogP) is 1.24. The fourth-order valence-corrected chi connectivity index (χ4v) is 1.43. The Bertz CT molecular complexity index is 478. The Kier molecular flexibility index (Phi) is 5.27. The molecule has 1 rings (SSSR count). The molecule has 1 aromatic rings. The maximum atomic E-state index is 12.0. The van der Waals surface area contributed by atoms with Crippen molar-refractivity contribution < 1.29 is 9.59 Å². The van der Waals surface area contributed by atoms with Gasteiger partial charge in [0, 0.05) is 26.3 Å². The maximum absolute atomic E-state index is 12.0. The SMILES string of the molecule is CN(C)C(=O)Cc1ccc(NC(=O)C(C)(C)CN)cc1. The van der Waals surface area contributed by atoms with E-state index in [1.165, 1.54) is 0 Å². The Hall–Kier alpha value is -1.88. The van der Waals surface area contributed by atoms with Crippen molar-refractivity contribution in [1.29, 1.82) is 0 Å². The van der Waals surface area contributed by atoms with E-state index >= 15 is 0 Å². The van der Waals surface area contributed by atoms with Gasteiger partial charge in [0.15, 0.2) is 0 Å². The molecule has 0 spiro atoms. The van der Waals surface area contributed by atoms with Crippen LogP contribution in [0.2, 0.25) is 0 Å². The van der Waals surface area contributed by atoms with E-state index in [4.69, 9.17) is 5.73 Å². The van der Waals surface area contributed by atoms with Crippen molar-refractivity contribution in [1.82, 2.24) is 4.90 Å². The molecule has 20 heavy (non-hydrogen) atoms. The number of carbonyl (C=O) groups is 2. The topological polar surface area (TPSA) is 75.4 Å². The van der Waals surface area contributed by atoms with Crippen molar-refractivity contribution in [2.45, 2.75) is 20.3 Å². The van der Waals surface area contributed by atoms with Crippen molar-refractivity contribution >= 4 is 17.5 Å². The van der Waals surface area contributed by atoms with E-state index in [1.54, 1.807) is 45.0 Å². The summed E-state index contributed by atoms with van der Waals surface area (Å²) in [5.41, 5.74) is 6.59. The van der Waals surface area contributed by atoms with Crippen LogP contribution in [0.4, 0.5) is 5.69 Å². The van der Waals surface area contributed by atoms with Crippen molar-refractivity contribution in [2.75, 3.05) is 26.0 Å². The molecule has 0 bridgehead atoms. The second-order valence-corrected chi connectivity index (χ2v) is 5.70. The summed E-state index contributed by atoms with van der Waals surface area (Å²) >= 11 is 0. The number of amides is 2. The van der Waals surface area contributed by atoms with E-state index in [2.05, 4.69) is 5.32 Å². The maximum Gasteiger partial charge on any atom is 0.231 e. The Morgan fingerprint density at radius 2 is 1.75 bits per heavy atom. The first kappa shape index (κ1) is 16.2. The van der Waals surface area contributed by atoms with Gasteiger partial charge in [-0.2, -0.15) is 0 Å². The Morgan fingerprint density at radius 1 is 1.20 bits per heavy atom. The summed E-state index contributed by atoms with van der Waals surface area (Å²) in [5, 5.41) is 2.82. The lowest BCUT2D eigenvalue weighted by Crippen LogP contribution is -2.37. The summed E-state index contributed by atoms with van der Waals surface area (Å²) in [4.78, 5) is 25.1. The van der Waals surface area contributed by atoms with Crippen LogP contribution in [0.25, 0.3) is 0 Å². The van der Waals surface area contributed by atoms with Crippen LogP contribution in [-0.2, 0) is 16.0 Å². The molecule has 0 saturated carbocycles. The van der Waals surface area contributed by atoms with Gasteiger partial charge in [0.25, 0.3) is 0 Å². The monoisotopic (exact) mass is 277 g/mol. The molecule has 0 radical (unpaired) electrons. The number of nitrogens with zero attached hydrogens (tertiary/aromatic N) is 1. The number of anilines is 1. The van der Waals surface area contributed by atoms with Crippen LogP contribution >= 0.6 is 0 Å². The minimum Gasteiger partial charge on any atom is -0.349 e. The number of likely N-dealkylation sites (N-methyl/N-ethyl adjacent to an activating group) is 1. The molecular weight excluding hydrogens is 254 g/mol. The fraction of sp³-hybridized carbons (Fsp3) is 0.467. The molecule has 0 atom stereocenters. The third-order valence-corrected chi connectivity index (χ3v) is 3.19. The minimum absolute atomic E-state index is 0.0473. The van der Waals surface area contributed by atoms with E-state index in [0.717, 1.165) is 5.56 Å². The molecule has 0 fully saturated rings. The molecule has 0 aliphatic rings. The molecule has 1 aromatic carbocycles. The molecule has 0 unspecified atom stereocenters. The average molecular weight is 277 g/mol. The molecule has 110 valence electrons. The lowest BCUT2D eigenvalue weighted by Gasteiger charge is -2.21. The number of benzene rings is 1.